The first-order chi connectivity index (χ1) is 4.16. The van der Waals surface area contributed by atoms with E-state index in [2.05, 4.69) is 13.8 Å². The van der Waals surface area contributed by atoms with Gasteiger partial charge in [0.2, 0.25) is 0 Å². The minimum absolute atomic E-state index is 0.568. The average Bonchev–Trinajstić information content (AvgIpc) is 1.63. The van der Waals surface area contributed by atoms with Crippen molar-refractivity contribution in [2.45, 2.75) is 13.8 Å². The zero-order chi connectivity index (χ0) is 7.28. The first kappa shape index (κ1) is 9.50. The van der Waals surface area contributed by atoms with E-state index >= 15 is 0 Å². The summed E-state index contributed by atoms with van der Waals surface area (Å²) in [5.74, 6) is 1.42. The van der Waals surface area contributed by atoms with Crippen LogP contribution in [-0.4, -0.2) is 21.3 Å². The van der Waals surface area contributed by atoms with Gasteiger partial charge in [-0.25, -0.2) is 0 Å². The molecule has 0 unspecified atom stereocenters. The van der Waals surface area contributed by atoms with Gasteiger partial charge in [-0.15, -0.1) is 0 Å². The number of hydrogen-bond acceptors (Lipinski definition) is 2. The molecule has 0 aromatic rings. The molecule has 0 heterocycles. The highest BCUT2D eigenvalue weighted by molar-refractivity contribution is 8.09. The molecule has 0 amide bonds. The Morgan fingerprint density at radius 1 is 1.56 bits per heavy atom. The summed E-state index contributed by atoms with van der Waals surface area (Å²) in [6.07, 6.45) is 1.98. The van der Waals surface area contributed by atoms with E-state index in [0.717, 1.165) is 10.8 Å². The van der Waals surface area contributed by atoms with Gasteiger partial charge in [-0.1, -0.05) is 13.8 Å². The zero-order valence-electron chi connectivity index (χ0n) is 6.22. The third kappa shape index (κ3) is 6.38. The van der Waals surface area contributed by atoms with Crippen LogP contribution < -0.4 is 0 Å². The minimum Gasteiger partial charge on any atom is -0.259 e. The maximum absolute atomic E-state index is 10.9. The van der Waals surface area contributed by atoms with E-state index in [9.17, 15) is 4.21 Å². The summed E-state index contributed by atoms with van der Waals surface area (Å²) in [5, 5.41) is 0.790. The second kappa shape index (κ2) is 5.30. The van der Waals surface area contributed by atoms with Crippen molar-refractivity contribution in [3.8, 4) is 0 Å². The summed E-state index contributed by atoms with van der Waals surface area (Å²) in [7, 11) is -0.587. The molecule has 0 aromatic carbocycles. The van der Waals surface area contributed by atoms with Gasteiger partial charge in [0.05, 0.1) is 5.08 Å². The Bertz CT molecular complexity index is 91.1. The van der Waals surface area contributed by atoms with Crippen LogP contribution >= 0.6 is 11.8 Å². The normalized spacial score (nSPS) is 14.2. The van der Waals surface area contributed by atoms with Crippen LogP contribution in [0.3, 0.4) is 0 Å². The maximum atomic E-state index is 10.9. The highest BCUT2D eigenvalue weighted by Crippen LogP contribution is 2.01. The lowest BCUT2D eigenvalue weighted by atomic mass is 10.3. The molecule has 0 saturated carbocycles. The number of hydrogen-bond donors (Lipinski definition) is 0. The SMILES string of the molecule is CSC[S@@](=O)CC(C)C. The topological polar surface area (TPSA) is 17.1 Å². The van der Waals surface area contributed by atoms with Crippen LogP contribution in [0, 0.1) is 5.92 Å². The summed E-state index contributed by atoms with van der Waals surface area (Å²) >= 11 is 1.65. The van der Waals surface area contributed by atoms with Gasteiger partial charge in [-0.05, 0) is 12.2 Å². The third-order valence-electron chi connectivity index (χ3n) is 0.769. The molecule has 0 aromatic heterocycles. The number of rotatable bonds is 4. The predicted molar refractivity (Wildman–Crippen MR) is 46.2 cm³/mol. The lowest BCUT2D eigenvalue weighted by Crippen LogP contribution is -2.05. The molecule has 0 aliphatic carbocycles. The highest BCUT2D eigenvalue weighted by Gasteiger charge is 2.00. The van der Waals surface area contributed by atoms with Crippen LogP contribution in [0.4, 0.5) is 0 Å². The summed E-state index contributed by atoms with van der Waals surface area (Å²) in [6.45, 7) is 4.19. The van der Waals surface area contributed by atoms with Crippen LogP contribution in [0.25, 0.3) is 0 Å². The van der Waals surface area contributed by atoms with Gasteiger partial charge in [-0.2, -0.15) is 11.8 Å². The summed E-state index contributed by atoms with van der Waals surface area (Å²) in [5.41, 5.74) is 0. The van der Waals surface area contributed by atoms with Gasteiger partial charge in [0.15, 0.2) is 0 Å². The molecule has 0 fully saturated rings. The van der Waals surface area contributed by atoms with Crippen molar-refractivity contribution in [1.82, 2.24) is 0 Å². The summed E-state index contributed by atoms with van der Waals surface area (Å²) in [6, 6.07) is 0. The maximum Gasteiger partial charge on any atom is 0.0689 e. The van der Waals surface area contributed by atoms with Crippen molar-refractivity contribution in [3.63, 3.8) is 0 Å². The summed E-state index contributed by atoms with van der Waals surface area (Å²) < 4.78 is 10.9. The van der Waals surface area contributed by atoms with Gasteiger partial charge in [0.1, 0.15) is 0 Å². The van der Waals surface area contributed by atoms with Gasteiger partial charge in [0, 0.05) is 16.6 Å². The molecule has 3 heteroatoms. The Morgan fingerprint density at radius 2 is 2.11 bits per heavy atom. The van der Waals surface area contributed by atoms with Gasteiger partial charge in [-0.3, -0.25) is 4.21 Å². The first-order valence-corrected chi connectivity index (χ1v) is 5.89. The monoisotopic (exact) mass is 166 g/mol. The molecule has 1 atom stereocenters. The van der Waals surface area contributed by atoms with Crippen molar-refractivity contribution >= 4 is 22.6 Å². The van der Waals surface area contributed by atoms with Crippen molar-refractivity contribution < 1.29 is 4.21 Å². The molecule has 56 valence electrons. The van der Waals surface area contributed by atoms with Crippen molar-refractivity contribution in [1.29, 1.82) is 0 Å². The van der Waals surface area contributed by atoms with Crippen molar-refractivity contribution in [3.05, 3.63) is 0 Å². The molecule has 0 bridgehead atoms. The average molecular weight is 166 g/mol. The van der Waals surface area contributed by atoms with E-state index in [0.29, 0.717) is 5.92 Å². The fourth-order valence-electron chi connectivity index (χ4n) is 0.551. The number of thioether (sulfide) groups is 1. The molecule has 0 N–H and O–H groups in total. The Morgan fingerprint density at radius 3 is 2.44 bits per heavy atom. The zero-order valence-corrected chi connectivity index (χ0v) is 7.85. The Kier molecular flexibility index (Phi) is 5.59. The van der Waals surface area contributed by atoms with E-state index in [1.165, 1.54) is 0 Å². The molecule has 0 aliphatic heterocycles. The van der Waals surface area contributed by atoms with Crippen LogP contribution in [0.2, 0.25) is 0 Å². The van der Waals surface area contributed by atoms with Crippen LogP contribution in [0.15, 0.2) is 0 Å². The Balaban J connectivity index is 3.27. The molecule has 0 radical (unpaired) electrons. The van der Waals surface area contributed by atoms with Crippen LogP contribution in [0.1, 0.15) is 13.8 Å². The molecular weight excluding hydrogens is 152 g/mol. The first-order valence-electron chi connectivity index (χ1n) is 3.00. The van der Waals surface area contributed by atoms with Gasteiger partial charge in [0.25, 0.3) is 0 Å². The molecule has 1 nitrogen and oxygen atoms in total. The highest BCUT2D eigenvalue weighted by atomic mass is 32.2. The Labute approximate surface area is 64.1 Å². The molecule has 0 spiro atoms. The third-order valence-corrected chi connectivity index (χ3v) is 3.80. The molecule has 9 heavy (non-hydrogen) atoms. The van der Waals surface area contributed by atoms with Crippen molar-refractivity contribution in [2.75, 3.05) is 17.1 Å². The largest absolute Gasteiger partial charge is 0.259 e. The fourth-order valence-corrected chi connectivity index (χ4v) is 2.73. The van der Waals surface area contributed by atoms with Gasteiger partial charge < -0.3 is 0 Å². The molecule has 0 rings (SSSR count). The van der Waals surface area contributed by atoms with E-state index in [-0.39, 0.29) is 0 Å². The van der Waals surface area contributed by atoms with Crippen LogP contribution in [-0.2, 0) is 10.8 Å². The second-order valence-corrected chi connectivity index (χ2v) is 5.14. The van der Waals surface area contributed by atoms with Crippen LogP contribution in [0.5, 0.6) is 0 Å². The molecule has 0 saturated heterocycles. The van der Waals surface area contributed by atoms with E-state index in [1.54, 1.807) is 11.8 Å². The van der Waals surface area contributed by atoms with Crippen molar-refractivity contribution in [2.24, 2.45) is 5.92 Å². The quantitative estimate of drug-likeness (QED) is 0.632. The molecule has 0 aliphatic rings. The summed E-state index contributed by atoms with van der Waals surface area (Å²) in [4.78, 5) is 0. The predicted octanol–water partition coefficient (Wildman–Crippen LogP) is 1.71. The minimum atomic E-state index is -0.587. The van der Waals surface area contributed by atoms with E-state index in [4.69, 9.17) is 0 Å². The lowest BCUT2D eigenvalue weighted by Gasteiger charge is -2.01. The lowest BCUT2D eigenvalue weighted by molar-refractivity contribution is 0.668. The van der Waals surface area contributed by atoms with E-state index < -0.39 is 10.8 Å². The smallest absolute Gasteiger partial charge is 0.0689 e. The standard InChI is InChI=1S/C6H14OS2/c1-6(2)4-9(7)5-8-3/h6H,4-5H2,1-3H3/t9-/m0/s1. The molecular formula is C6H14OS2. The Hall–Kier alpha value is 0.500. The fraction of sp³-hybridized carbons (Fsp3) is 1.00. The second-order valence-electron chi connectivity index (χ2n) is 2.41. The van der Waals surface area contributed by atoms with Gasteiger partial charge >= 0.3 is 0 Å². The van der Waals surface area contributed by atoms with E-state index in [1.807, 2.05) is 6.26 Å².